The van der Waals surface area contributed by atoms with Crippen LogP contribution in [-0.4, -0.2) is 56.9 Å². The number of hydrogen-bond donors (Lipinski definition) is 4. The van der Waals surface area contributed by atoms with E-state index < -0.39 is 36.5 Å². The van der Waals surface area contributed by atoms with Gasteiger partial charge in [0.15, 0.2) is 0 Å². The molecule has 0 aliphatic carbocycles. The Balaban J connectivity index is 2.32. The number of rotatable bonds is 13. The van der Waals surface area contributed by atoms with Gasteiger partial charge in [-0.05, 0) is 32.1 Å². The van der Waals surface area contributed by atoms with Gasteiger partial charge in [0.25, 0.3) is 0 Å². The van der Waals surface area contributed by atoms with Crippen molar-refractivity contribution >= 4 is 5.97 Å². The zero-order valence-electron chi connectivity index (χ0n) is 15.7. The lowest BCUT2D eigenvalue weighted by atomic mass is 10.0. The van der Waals surface area contributed by atoms with E-state index in [9.17, 15) is 20.1 Å². The predicted octanol–water partition coefficient (Wildman–Crippen LogP) is 2.56. The summed E-state index contributed by atoms with van der Waals surface area (Å²) in [4.78, 5) is 10.5. The van der Waals surface area contributed by atoms with Crippen LogP contribution in [0.4, 0.5) is 0 Å². The van der Waals surface area contributed by atoms with Crippen LogP contribution in [0, 0.1) is 0 Å². The summed E-state index contributed by atoms with van der Waals surface area (Å²) in [5.74, 6) is -0.882. The van der Waals surface area contributed by atoms with Gasteiger partial charge in [-0.3, -0.25) is 4.79 Å². The molecule has 1 rings (SSSR count). The minimum Gasteiger partial charge on any atom is -0.481 e. The maximum atomic E-state index is 10.5. The molecule has 6 heteroatoms. The van der Waals surface area contributed by atoms with E-state index in [1.54, 1.807) is 6.08 Å². The Bertz CT molecular complexity index is 448. The summed E-state index contributed by atoms with van der Waals surface area (Å²) in [7, 11) is 0. The largest absolute Gasteiger partial charge is 0.481 e. The topological polar surface area (TPSA) is 107 Å². The van der Waals surface area contributed by atoms with Gasteiger partial charge in [0.05, 0.1) is 24.4 Å². The van der Waals surface area contributed by atoms with Gasteiger partial charge in [0.1, 0.15) is 6.10 Å². The summed E-state index contributed by atoms with van der Waals surface area (Å²) in [5, 5.41) is 38.7. The van der Waals surface area contributed by atoms with Gasteiger partial charge in [0.2, 0.25) is 0 Å². The van der Waals surface area contributed by atoms with Crippen molar-refractivity contribution in [1.29, 1.82) is 0 Å². The highest BCUT2D eigenvalue weighted by Gasteiger charge is 2.35. The highest BCUT2D eigenvalue weighted by atomic mass is 16.5. The molecule has 6 nitrogen and oxygen atoms in total. The Morgan fingerprint density at radius 1 is 1.23 bits per heavy atom. The molecule has 0 unspecified atom stereocenters. The number of carbonyl (C=O) groups is 1. The van der Waals surface area contributed by atoms with Crippen LogP contribution < -0.4 is 0 Å². The molecule has 0 saturated carbocycles. The van der Waals surface area contributed by atoms with Gasteiger partial charge in [-0.25, -0.2) is 0 Å². The Hall–Kier alpha value is -1.21. The first-order chi connectivity index (χ1) is 12.4. The average Bonchev–Trinajstić information content (AvgIpc) is 2.96. The number of unbranched alkanes of at least 4 members (excludes halogenated alkanes) is 3. The Morgan fingerprint density at radius 2 is 2.00 bits per heavy atom. The second-order valence-electron chi connectivity index (χ2n) is 6.95. The molecular weight excluding hydrogens is 336 g/mol. The number of ether oxygens (including phenoxy) is 1. The summed E-state index contributed by atoms with van der Waals surface area (Å²) in [6, 6.07) is 0. The van der Waals surface area contributed by atoms with Gasteiger partial charge in [-0.2, -0.15) is 0 Å². The van der Waals surface area contributed by atoms with Gasteiger partial charge in [-0.15, -0.1) is 0 Å². The van der Waals surface area contributed by atoms with E-state index in [2.05, 4.69) is 13.0 Å². The minimum absolute atomic E-state index is 0.0215. The van der Waals surface area contributed by atoms with E-state index in [0.29, 0.717) is 25.7 Å². The second-order valence-corrected chi connectivity index (χ2v) is 6.95. The van der Waals surface area contributed by atoms with Crippen molar-refractivity contribution in [3.05, 3.63) is 24.3 Å². The quantitative estimate of drug-likeness (QED) is 0.293. The van der Waals surface area contributed by atoms with E-state index >= 15 is 0 Å². The Labute approximate surface area is 156 Å². The van der Waals surface area contributed by atoms with Crippen molar-refractivity contribution in [2.24, 2.45) is 0 Å². The molecule has 1 heterocycles. The normalized spacial score (nSPS) is 25.9. The molecule has 150 valence electrons. The highest BCUT2D eigenvalue weighted by molar-refractivity contribution is 5.66. The molecule has 0 spiro atoms. The van der Waals surface area contributed by atoms with Crippen LogP contribution in [0.25, 0.3) is 0 Å². The number of aliphatic hydroxyl groups is 3. The lowest BCUT2D eigenvalue weighted by Gasteiger charge is -2.16. The first-order valence-electron chi connectivity index (χ1n) is 9.68. The zero-order valence-corrected chi connectivity index (χ0v) is 15.7. The van der Waals surface area contributed by atoms with Gasteiger partial charge < -0.3 is 25.2 Å². The van der Waals surface area contributed by atoms with Crippen molar-refractivity contribution in [3.63, 3.8) is 0 Å². The molecule has 0 bridgehead atoms. The van der Waals surface area contributed by atoms with Crippen molar-refractivity contribution in [2.45, 2.75) is 95.2 Å². The van der Waals surface area contributed by atoms with E-state index in [4.69, 9.17) is 9.84 Å². The van der Waals surface area contributed by atoms with Crippen LogP contribution in [0.1, 0.15) is 64.7 Å². The number of carboxylic acids is 1. The third kappa shape index (κ3) is 9.48. The number of hydrogen-bond acceptors (Lipinski definition) is 5. The lowest BCUT2D eigenvalue weighted by Crippen LogP contribution is -2.25. The molecule has 0 aromatic rings. The predicted molar refractivity (Wildman–Crippen MR) is 99.8 cm³/mol. The molecule has 1 aliphatic rings. The summed E-state index contributed by atoms with van der Waals surface area (Å²) in [6.45, 7) is 2.16. The monoisotopic (exact) mass is 370 g/mol. The van der Waals surface area contributed by atoms with Crippen LogP contribution in [-0.2, 0) is 9.53 Å². The molecule has 5 atom stereocenters. The zero-order chi connectivity index (χ0) is 19.4. The van der Waals surface area contributed by atoms with Crippen molar-refractivity contribution in [3.8, 4) is 0 Å². The maximum Gasteiger partial charge on any atom is 0.303 e. The fraction of sp³-hybridized carbons (Fsp3) is 0.750. The van der Waals surface area contributed by atoms with E-state index in [-0.39, 0.29) is 6.42 Å². The number of allylic oxidation sites excluding steroid dienone is 1. The molecule has 0 amide bonds. The summed E-state index contributed by atoms with van der Waals surface area (Å²) >= 11 is 0. The van der Waals surface area contributed by atoms with Crippen LogP contribution in [0.15, 0.2) is 24.3 Å². The standard InChI is InChI=1S/C20H34O6/c1-2-3-4-5-6-7-10-16(22)19-14-17(23)18(26-19)13-12-15(21)9-8-11-20(24)25/h6-7,12-13,15-19,21-23H,2-5,8-11,14H2,1H3,(H,24,25)/b7-6-,13-12+/t15-,16-,17-,18+,19-/m0/s1. The fourth-order valence-electron chi connectivity index (χ4n) is 2.96. The highest BCUT2D eigenvalue weighted by Crippen LogP contribution is 2.25. The van der Waals surface area contributed by atoms with Gasteiger partial charge in [0, 0.05) is 12.8 Å². The van der Waals surface area contributed by atoms with Crippen LogP contribution in [0.2, 0.25) is 0 Å². The first-order valence-corrected chi connectivity index (χ1v) is 9.68. The van der Waals surface area contributed by atoms with Crippen molar-refractivity contribution < 1.29 is 30.0 Å². The molecule has 1 saturated heterocycles. The van der Waals surface area contributed by atoms with Crippen molar-refractivity contribution in [2.75, 3.05) is 0 Å². The lowest BCUT2D eigenvalue weighted by molar-refractivity contribution is -0.137. The summed E-state index contributed by atoms with van der Waals surface area (Å²) in [5.41, 5.74) is 0. The number of aliphatic hydroxyl groups excluding tert-OH is 3. The molecular formula is C20H34O6. The SMILES string of the molecule is CCCCC/C=C\C[C@H](O)[C@@H]1C[C@H](O)[C@@H](/C=C/[C@@H](O)CCCC(=O)O)O1. The Morgan fingerprint density at radius 3 is 2.69 bits per heavy atom. The third-order valence-corrected chi connectivity index (χ3v) is 4.55. The number of aliphatic carboxylic acids is 1. The minimum atomic E-state index is -0.882. The summed E-state index contributed by atoms with van der Waals surface area (Å²) in [6.07, 6.45) is 10.2. The van der Waals surface area contributed by atoms with E-state index in [1.165, 1.54) is 18.9 Å². The first kappa shape index (κ1) is 22.8. The van der Waals surface area contributed by atoms with Gasteiger partial charge in [-0.1, -0.05) is 44.1 Å². The average molecular weight is 370 g/mol. The van der Waals surface area contributed by atoms with Gasteiger partial charge >= 0.3 is 5.97 Å². The van der Waals surface area contributed by atoms with E-state index in [1.807, 2.05) is 6.08 Å². The molecule has 0 radical (unpaired) electrons. The van der Waals surface area contributed by atoms with Crippen LogP contribution in [0.5, 0.6) is 0 Å². The van der Waals surface area contributed by atoms with E-state index in [0.717, 1.165) is 12.8 Å². The molecule has 1 fully saturated rings. The Kier molecular flexibility index (Phi) is 11.4. The smallest absolute Gasteiger partial charge is 0.303 e. The fourth-order valence-corrected chi connectivity index (χ4v) is 2.96. The summed E-state index contributed by atoms with van der Waals surface area (Å²) < 4.78 is 5.70. The van der Waals surface area contributed by atoms with Crippen molar-refractivity contribution in [1.82, 2.24) is 0 Å². The van der Waals surface area contributed by atoms with Crippen LogP contribution >= 0.6 is 0 Å². The molecule has 1 aliphatic heterocycles. The second kappa shape index (κ2) is 13.0. The van der Waals surface area contributed by atoms with Crippen LogP contribution in [0.3, 0.4) is 0 Å². The molecule has 26 heavy (non-hydrogen) atoms. The third-order valence-electron chi connectivity index (χ3n) is 4.55. The molecule has 4 N–H and O–H groups in total. The molecule has 0 aromatic carbocycles. The molecule has 0 aromatic heterocycles. The number of carboxylic acid groups (broad SMARTS) is 1. The maximum absolute atomic E-state index is 10.5.